The minimum Gasteiger partial charge on any atom is -0.490 e. The molecule has 0 radical (unpaired) electrons. The summed E-state index contributed by atoms with van der Waals surface area (Å²) >= 11 is 0. The van der Waals surface area contributed by atoms with Crippen LogP contribution in [-0.4, -0.2) is 28.8 Å². The Balaban J connectivity index is 0.000000171. The van der Waals surface area contributed by atoms with Gasteiger partial charge in [0, 0.05) is 31.2 Å². The minimum absolute atomic E-state index is 0.0416. The van der Waals surface area contributed by atoms with Gasteiger partial charge in [0.25, 0.3) is 5.69 Å². The largest absolute Gasteiger partial charge is 0.490 e. The number of hydrogen-bond acceptors (Lipinski definition) is 6. The van der Waals surface area contributed by atoms with Gasteiger partial charge in [-0.2, -0.15) is 0 Å². The van der Waals surface area contributed by atoms with Gasteiger partial charge in [-0.3, -0.25) is 19.7 Å². The first-order valence-corrected chi connectivity index (χ1v) is 9.78. The van der Waals surface area contributed by atoms with E-state index in [1.54, 1.807) is 6.92 Å². The first-order chi connectivity index (χ1) is 14.2. The Bertz CT molecular complexity index is 988. The molecule has 1 N–H and O–H groups in total. The summed E-state index contributed by atoms with van der Waals surface area (Å²) in [5, 5.41) is 13.3. The summed E-state index contributed by atoms with van der Waals surface area (Å²) < 4.78 is 11.1. The van der Waals surface area contributed by atoms with Gasteiger partial charge < -0.3 is 14.8 Å². The van der Waals surface area contributed by atoms with Crippen molar-refractivity contribution in [1.29, 1.82) is 0 Å². The molecule has 4 rings (SSSR count). The average molecular weight is 412 g/mol. The van der Waals surface area contributed by atoms with Crippen molar-refractivity contribution in [1.82, 2.24) is 0 Å². The molecule has 2 aliphatic heterocycles. The lowest BCUT2D eigenvalue weighted by Gasteiger charge is -2.23. The number of nitro benzene ring substituents is 1. The van der Waals surface area contributed by atoms with Gasteiger partial charge in [0.1, 0.15) is 17.6 Å². The normalized spacial score (nSPS) is 19.1. The molecular formula is C22H24N2O6. The number of nitro groups is 1. The first kappa shape index (κ1) is 21.3. The van der Waals surface area contributed by atoms with Crippen molar-refractivity contribution >= 4 is 23.1 Å². The molecule has 0 saturated carbocycles. The zero-order valence-electron chi connectivity index (χ0n) is 17.1. The topological polar surface area (TPSA) is 108 Å². The fourth-order valence-corrected chi connectivity index (χ4v) is 3.39. The molecular weight excluding hydrogens is 388 g/mol. The number of ether oxygens (including phenoxy) is 2. The minimum atomic E-state index is -0.522. The second-order valence-electron chi connectivity index (χ2n) is 7.46. The number of rotatable bonds is 2. The van der Waals surface area contributed by atoms with E-state index in [0.29, 0.717) is 17.4 Å². The lowest BCUT2D eigenvalue weighted by molar-refractivity contribution is -0.384. The zero-order valence-corrected chi connectivity index (χ0v) is 17.1. The SMILES string of the molecule is CC(=O)Nc1ccc2c(c1)CC[C@@H](C)O2.C[C@@H]1CC(=O)c2cc([N+](=O)[O-])ccc2O1. The van der Waals surface area contributed by atoms with Gasteiger partial charge in [0.15, 0.2) is 5.78 Å². The van der Waals surface area contributed by atoms with E-state index in [1.165, 1.54) is 30.7 Å². The number of hydrogen-bond donors (Lipinski definition) is 1. The van der Waals surface area contributed by atoms with Crippen molar-refractivity contribution in [2.24, 2.45) is 0 Å². The maximum atomic E-state index is 11.6. The number of aryl methyl sites for hydroxylation is 1. The third-order valence-corrected chi connectivity index (χ3v) is 4.80. The standard InChI is InChI=1S/C12H15NO2.C10H9NO4/c1-8-3-4-10-7-11(13-9(2)14)5-6-12(10)15-8;1-6-4-9(12)8-5-7(11(13)14)2-3-10(8)15-6/h5-8H,3-4H2,1-2H3,(H,13,14);2-3,5-6H,4H2,1H3/t8-;6-/m11/s1. The van der Waals surface area contributed by atoms with Crippen molar-refractivity contribution in [2.75, 3.05) is 5.32 Å². The van der Waals surface area contributed by atoms with Crippen molar-refractivity contribution < 1.29 is 24.0 Å². The smallest absolute Gasteiger partial charge is 0.270 e. The molecule has 1 amide bonds. The molecule has 2 aromatic rings. The number of nitrogens with one attached hydrogen (secondary N) is 1. The summed E-state index contributed by atoms with van der Waals surface area (Å²) in [5.41, 5.74) is 2.25. The van der Waals surface area contributed by atoms with Crippen LogP contribution in [0.1, 0.15) is 49.5 Å². The van der Waals surface area contributed by atoms with Crippen LogP contribution in [0.4, 0.5) is 11.4 Å². The van der Waals surface area contributed by atoms with Crippen molar-refractivity contribution in [3.05, 3.63) is 57.6 Å². The zero-order chi connectivity index (χ0) is 21.8. The second-order valence-corrected chi connectivity index (χ2v) is 7.46. The Morgan fingerprint density at radius 2 is 1.80 bits per heavy atom. The van der Waals surface area contributed by atoms with Gasteiger partial charge in [-0.15, -0.1) is 0 Å². The predicted molar refractivity (Wildman–Crippen MR) is 111 cm³/mol. The van der Waals surface area contributed by atoms with E-state index >= 15 is 0 Å². The molecule has 0 saturated heterocycles. The highest BCUT2D eigenvalue weighted by molar-refractivity contribution is 6.00. The Kier molecular flexibility index (Phi) is 6.34. The Labute approximate surface area is 174 Å². The van der Waals surface area contributed by atoms with E-state index in [-0.39, 0.29) is 29.9 Å². The predicted octanol–water partition coefficient (Wildman–Crippen LogP) is 4.31. The third kappa shape index (κ3) is 5.14. The van der Waals surface area contributed by atoms with Gasteiger partial charge >= 0.3 is 0 Å². The fourth-order valence-electron chi connectivity index (χ4n) is 3.39. The second kappa shape index (κ2) is 8.94. The lowest BCUT2D eigenvalue weighted by atomic mass is 10.0. The highest BCUT2D eigenvalue weighted by Crippen LogP contribution is 2.31. The Morgan fingerprint density at radius 1 is 1.10 bits per heavy atom. The highest BCUT2D eigenvalue weighted by atomic mass is 16.6. The van der Waals surface area contributed by atoms with Crippen molar-refractivity contribution in [3.8, 4) is 11.5 Å². The van der Waals surface area contributed by atoms with E-state index in [0.717, 1.165) is 24.3 Å². The van der Waals surface area contributed by atoms with Crippen LogP contribution < -0.4 is 14.8 Å². The molecule has 2 aromatic carbocycles. The van der Waals surface area contributed by atoms with E-state index in [1.807, 2.05) is 18.2 Å². The summed E-state index contributed by atoms with van der Waals surface area (Å²) in [6.07, 6.45) is 2.46. The van der Waals surface area contributed by atoms with Crippen LogP contribution >= 0.6 is 0 Å². The Morgan fingerprint density at radius 3 is 2.50 bits per heavy atom. The van der Waals surface area contributed by atoms with E-state index in [2.05, 4.69) is 12.2 Å². The van der Waals surface area contributed by atoms with Crippen molar-refractivity contribution in [2.45, 2.75) is 52.2 Å². The van der Waals surface area contributed by atoms with Crippen LogP contribution in [0.25, 0.3) is 0 Å². The summed E-state index contributed by atoms with van der Waals surface area (Å²) in [4.78, 5) is 32.4. The summed E-state index contributed by atoms with van der Waals surface area (Å²) in [6.45, 7) is 5.38. The Hall–Kier alpha value is -3.42. The van der Waals surface area contributed by atoms with E-state index < -0.39 is 4.92 Å². The molecule has 0 bridgehead atoms. The van der Waals surface area contributed by atoms with Gasteiger partial charge in [-0.1, -0.05) is 0 Å². The van der Waals surface area contributed by atoms with Gasteiger partial charge in [-0.25, -0.2) is 0 Å². The molecule has 0 aromatic heterocycles. The molecule has 2 aliphatic rings. The van der Waals surface area contributed by atoms with Crippen LogP contribution in [0.2, 0.25) is 0 Å². The molecule has 0 unspecified atom stereocenters. The van der Waals surface area contributed by atoms with Gasteiger partial charge in [0.05, 0.1) is 16.6 Å². The van der Waals surface area contributed by atoms with Crippen LogP contribution in [0.15, 0.2) is 36.4 Å². The number of carbonyl (C=O) groups excluding carboxylic acids is 2. The highest BCUT2D eigenvalue weighted by Gasteiger charge is 2.25. The monoisotopic (exact) mass is 412 g/mol. The molecule has 8 nitrogen and oxygen atoms in total. The molecule has 158 valence electrons. The number of non-ortho nitro benzene ring substituents is 1. The molecule has 0 spiro atoms. The van der Waals surface area contributed by atoms with Crippen LogP contribution in [-0.2, 0) is 11.2 Å². The summed E-state index contributed by atoms with van der Waals surface area (Å²) in [7, 11) is 0. The average Bonchev–Trinajstić information content (AvgIpc) is 2.67. The van der Waals surface area contributed by atoms with Crippen LogP contribution in [0, 0.1) is 10.1 Å². The molecule has 2 heterocycles. The summed E-state index contributed by atoms with van der Waals surface area (Å²) in [6, 6.07) is 9.87. The van der Waals surface area contributed by atoms with Crippen molar-refractivity contribution in [3.63, 3.8) is 0 Å². The van der Waals surface area contributed by atoms with Gasteiger partial charge in [0.2, 0.25) is 5.91 Å². The maximum absolute atomic E-state index is 11.6. The first-order valence-electron chi connectivity index (χ1n) is 9.78. The molecule has 0 aliphatic carbocycles. The van der Waals surface area contributed by atoms with E-state index in [9.17, 15) is 19.7 Å². The number of ketones is 1. The van der Waals surface area contributed by atoms with Crippen LogP contribution in [0.3, 0.4) is 0 Å². The molecule has 0 fully saturated rings. The number of fused-ring (bicyclic) bond motifs is 2. The summed E-state index contributed by atoms with van der Waals surface area (Å²) in [5.74, 6) is 1.24. The molecule has 2 atom stereocenters. The number of amides is 1. The third-order valence-electron chi connectivity index (χ3n) is 4.80. The maximum Gasteiger partial charge on any atom is 0.270 e. The lowest BCUT2D eigenvalue weighted by Crippen LogP contribution is -2.23. The van der Waals surface area contributed by atoms with Gasteiger partial charge in [-0.05, 0) is 56.5 Å². The number of anilines is 1. The number of Topliss-reactive ketones (excluding diaryl/α,β-unsaturated/α-hetero) is 1. The number of nitrogens with zero attached hydrogens (tertiary/aromatic N) is 1. The molecule has 30 heavy (non-hydrogen) atoms. The van der Waals surface area contributed by atoms with E-state index in [4.69, 9.17) is 9.47 Å². The van der Waals surface area contributed by atoms with Crippen LogP contribution in [0.5, 0.6) is 11.5 Å². The fraction of sp³-hybridized carbons (Fsp3) is 0.364. The number of carbonyl (C=O) groups is 2. The quantitative estimate of drug-likeness (QED) is 0.582. The number of benzene rings is 2. The molecule has 8 heteroatoms.